The zero-order valence-electron chi connectivity index (χ0n) is 6.46. The van der Waals surface area contributed by atoms with E-state index < -0.39 is 0 Å². The molecule has 0 amide bonds. The average Bonchev–Trinajstić information content (AvgIpc) is 1.25. The SMILES string of the molecule is CC(C)O.CC(C)O.[W]. The Labute approximate surface area is 71.5 Å². The summed E-state index contributed by atoms with van der Waals surface area (Å²) >= 11 is 0. The van der Waals surface area contributed by atoms with Gasteiger partial charge in [0.05, 0.1) is 0 Å². The molecule has 2 N–H and O–H groups in total. The standard InChI is InChI=1S/2C3H8O.W/c2*1-3(2)4;/h2*3-4H,1-2H3;. The zero-order valence-corrected chi connectivity index (χ0v) is 9.39. The van der Waals surface area contributed by atoms with Gasteiger partial charge in [0.25, 0.3) is 0 Å². The first kappa shape index (κ1) is 16.3. The van der Waals surface area contributed by atoms with Gasteiger partial charge in [-0.05, 0) is 27.7 Å². The molecule has 0 heterocycles. The molecule has 0 radical (unpaired) electrons. The van der Waals surface area contributed by atoms with E-state index in [0.717, 1.165) is 0 Å². The molecule has 0 aromatic rings. The maximum Gasteiger partial charge on any atom is 0.0483 e. The fourth-order valence-corrected chi connectivity index (χ4v) is 0. The van der Waals surface area contributed by atoms with Crippen molar-refractivity contribution in [1.29, 1.82) is 0 Å². The number of aliphatic hydroxyl groups is 2. The largest absolute Gasteiger partial charge is 0.394 e. The Morgan fingerprint density at radius 1 is 0.778 bits per heavy atom. The first-order chi connectivity index (χ1) is 3.46. The van der Waals surface area contributed by atoms with Gasteiger partial charge in [-0.25, -0.2) is 0 Å². The number of aliphatic hydroxyl groups excluding tert-OH is 2. The van der Waals surface area contributed by atoms with Crippen LogP contribution in [-0.2, 0) is 21.1 Å². The third-order valence-corrected chi connectivity index (χ3v) is 0. The summed E-state index contributed by atoms with van der Waals surface area (Å²) in [6.07, 6.45) is -0.333. The molecule has 0 spiro atoms. The molecule has 0 unspecified atom stereocenters. The average molecular weight is 304 g/mol. The van der Waals surface area contributed by atoms with Gasteiger partial charge in [0, 0.05) is 33.3 Å². The van der Waals surface area contributed by atoms with Crippen LogP contribution >= 0.6 is 0 Å². The van der Waals surface area contributed by atoms with Gasteiger partial charge in [-0.15, -0.1) is 0 Å². The molecular weight excluding hydrogens is 288 g/mol. The number of hydrogen-bond acceptors (Lipinski definition) is 2. The van der Waals surface area contributed by atoms with Gasteiger partial charge in [-0.3, -0.25) is 0 Å². The Morgan fingerprint density at radius 2 is 0.778 bits per heavy atom. The Morgan fingerprint density at radius 3 is 0.778 bits per heavy atom. The van der Waals surface area contributed by atoms with Crippen LogP contribution in [0, 0.1) is 0 Å². The maximum absolute atomic E-state index is 8.06. The summed E-state index contributed by atoms with van der Waals surface area (Å²) in [6, 6.07) is 0. The van der Waals surface area contributed by atoms with E-state index in [1.165, 1.54) is 0 Å². The van der Waals surface area contributed by atoms with E-state index in [1.54, 1.807) is 27.7 Å². The summed E-state index contributed by atoms with van der Waals surface area (Å²) in [5, 5.41) is 16.1. The van der Waals surface area contributed by atoms with Gasteiger partial charge in [0.2, 0.25) is 0 Å². The smallest absolute Gasteiger partial charge is 0.0483 e. The van der Waals surface area contributed by atoms with E-state index in [4.69, 9.17) is 10.2 Å². The third kappa shape index (κ3) is 1020. The number of hydrogen-bond donors (Lipinski definition) is 2. The first-order valence-electron chi connectivity index (χ1n) is 2.83. The van der Waals surface area contributed by atoms with Crippen LogP contribution in [0.5, 0.6) is 0 Å². The fraction of sp³-hybridized carbons (Fsp3) is 1.00. The second kappa shape index (κ2) is 11.4. The van der Waals surface area contributed by atoms with E-state index in [-0.39, 0.29) is 33.3 Å². The van der Waals surface area contributed by atoms with Crippen molar-refractivity contribution in [2.24, 2.45) is 0 Å². The molecule has 0 rings (SSSR count). The Balaban J connectivity index is -0.0000000720. The van der Waals surface area contributed by atoms with Crippen LogP contribution in [0.15, 0.2) is 0 Å². The molecule has 0 aliphatic carbocycles. The van der Waals surface area contributed by atoms with Crippen LogP contribution < -0.4 is 0 Å². The van der Waals surface area contributed by atoms with E-state index >= 15 is 0 Å². The van der Waals surface area contributed by atoms with Crippen molar-refractivity contribution >= 4 is 0 Å². The van der Waals surface area contributed by atoms with E-state index in [2.05, 4.69) is 0 Å². The molecule has 0 atom stereocenters. The van der Waals surface area contributed by atoms with Crippen LogP contribution in [0.3, 0.4) is 0 Å². The molecule has 0 fully saturated rings. The monoisotopic (exact) mass is 304 g/mol. The molecule has 0 aliphatic rings. The third-order valence-electron chi connectivity index (χ3n) is 0. The quantitative estimate of drug-likeness (QED) is 0.694. The Kier molecular flexibility index (Phi) is 20.7. The van der Waals surface area contributed by atoms with Crippen molar-refractivity contribution in [3.63, 3.8) is 0 Å². The topological polar surface area (TPSA) is 40.5 Å². The second-order valence-electron chi connectivity index (χ2n) is 2.19. The molecule has 2 nitrogen and oxygen atoms in total. The van der Waals surface area contributed by atoms with E-state index in [9.17, 15) is 0 Å². The van der Waals surface area contributed by atoms with E-state index in [0.29, 0.717) is 0 Å². The van der Waals surface area contributed by atoms with Crippen LogP contribution in [0.2, 0.25) is 0 Å². The summed E-state index contributed by atoms with van der Waals surface area (Å²) in [4.78, 5) is 0. The first-order valence-corrected chi connectivity index (χ1v) is 2.83. The molecule has 0 aromatic carbocycles. The van der Waals surface area contributed by atoms with Gasteiger partial charge in [0.1, 0.15) is 0 Å². The molecule has 0 saturated heterocycles. The molecule has 0 bridgehead atoms. The zero-order chi connectivity index (χ0) is 7.15. The minimum absolute atomic E-state index is 0. The summed E-state index contributed by atoms with van der Waals surface area (Å²) in [6.45, 7) is 6.89. The molecule has 0 aliphatic heterocycles. The van der Waals surface area contributed by atoms with Gasteiger partial charge in [0.15, 0.2) is 0 Å². The van der Waals surface area contributed by atoms with Gasteiger partial charge in [-0.2, -0.15) is 0 Å². The van der Waals surface area contributed by atoms with Crippen LogP contribution in [0.25, 0.3) is 0 Å². The van der Waals surface area contributed by atoms with Gasteiger partial charge < -0.3 is 10.2 Å². The van der Waals surface area contributed by atoms with Gasteiger partial charge >= 0.3 is 0 Å². The number of rotatable bonds is 0. The van der Waals surface area contributed by atoms with Crippen LogP contribution in [0.1, 0.15) is 27.7 Å². The summed E-state index contributed by atoms with van der Waals surface area (Å²) in [7, 11) is 0. The fourth-order valence-electron chi connectivity index (χ4n) is 0. The van der Waals surface area contributed by atoms with Crippen molar-refractivity contribution in [1.82, 2.24) is 0 Å². The van der Waals surface area contributed by atoms with Crippen molar-refractivity contribution < 1.29 is 31.3 Å². The maximum atomic E-state index is 8.06. The Hall–Kier alpha value is 0.608. The molecule has 58 valence electrons. The summed E-state index contributed by atoms with van der Waals surface area (Å²) in [5.74, 6) is 0. The molecule has 3 heteroatoms. The van der Waals surface area contributed by atoms with Crippen molar-refractivity contribution in [3.8, 4) is 0 Å². The summed E-state index contributed by atoms with van der Waals surface area (Å²) < 4.78 is 0. The molecular formula is C6H16O2W. The minimum atomic E-state index is -0.167. The van der Waals surface area contributed by atoms with Crippen molar-refractivity contribution in [2.45, 2.75) is 39.9 Å². The van der Waals surface area contributed by atoms with E-state index in [1.807, 2.05) is 0 Å². The second-order valence-corrected chi connectivity index (χ2v) is 2.19. The van der Waals surface area contributed by atoms with Crippen molar-refractivity contribution in [3.05, 3.63) is 0 Å². The van der Waals surface area contributed by atoms with Crippen LogP contribution in [0.4, 0.5) is 0 Å². The predicted molar refractivity (Wildman–Crippen MR) is 34.7 cm³/mol. The molecule has 9 heavy (non-hydrogen) atoms. The van der Waals surface area contributed by atoms with Crippen molar-refractivity contribution in [2.75, 3.05) is 0 Å². The normalized spacial score (nSPS) is 8.00. The molecule has 0 saturated carbocycles. The molecule has 0 aromatic heterocycles. The Bertz CT molecular complexity index is 26.5. The van der Waals surface area contributed by atoms with Gasteiger partial charge in [-0.1, -0.05) is 0 Å². The predicted octanol–water partition coefficient (Wildman–Crippen LogP) is 0.772. The minimum Gasteiger partial charge on any atom is -0.394 e. The van der Waals surface area contributed by atoms with Crippen LogP contribution in [-0.4, -0.2) is 22.4 Å². The summed E-state index contributed by atoms with van der Waals surface area (Å²) in [5.41, 5.74) is 0.